The minimum absolute atomic E-state index is 0.819. The molecular weight excluding hydrogens is 262 g/mol. The Kier molecular flexibility index (Phi) is 4.15. The lowest BCUT2D eigenvalue weighted by atomic mass is 10.2. The first-order chi connectivity index (χ1) is 10.3. The third-order valence-electron chi connectivity index (χ3n) is 3.67. The quantitative estimate of drug-likeness (QED) is 0.761. The summed E-state index contributed by atoms with van der Waals surface area (Å²) in [6, 6.07) is 15.8. The first-order valence-electron chi connectivity index (χ1n) is 7.26. The van der Waals surface area contributed by atoms with Crippen LogP contribution in [0.2, 0.25) is 0 Å². The fourth-order valence-electron chi connectivity index (χ4n) is 2.47. The largest absolute Gasteiger partial charge is 0.497 e. The van der Waals surface area contributed by atoms with Crippen LogP contribution in [-0.4, -0.2) is 20.2 Å². The first kappa shape index (κ1) is 13.6. The van der Waals surface area contributed by atoms with Crippen molar-refractivity contribution in [1.82, 2.24) is 0 Å². The smallest absolute Gasteiger partial charge is 0.119 e. The molecule has 0 saturated carbocycles. The third kappa shape index (κ3) is 3.40. The van der Waals surface area contributed by atoms with Gasteiger partial charge in [0, 0.05) is 18.8 Å². The van der Waals surface area contributed by atoms with Crippen molar-refractivity contribution in [3.05, 3.63) is 48.5 Å². The van der Waals surface area contributed by atoms with Crippen LogP contribution in [0.4, 0.5) is 17.1 Å². The number of hydrogen-bond acceptors (Lipinski definition) is 4. The van der Waals surface area contributed by atoms with Gasteiger partial charge in [0.15, 0.2) is 0 Å². The van der Waals surface area contributed by atoms with Crippen molar-refractivity contribution in [3.8, 4) is 5.75 Å². The highest BCUT2D eigenvalue weighted by Crippen LogP contribution is 2.25. The van der Waals surface area contributed by atoms with E-state index in [-0.39, 0.29) is 0 Å². The molecule has 108 valence electrons. The summed E-state index contributed by atoms with van der Waals surface area (Å²) < 4.78 is 5.12. The second kappa shape index (κ2) is 6.39. The fraction of sp³-hybridized carbons (Fsp3) is 0.294. The second-order valence-electron chi connectivity index (χ2n) is 5.11. The van der Waals surface area contributed by atoms with E-state index in [1.807, 2.05) is 36.4 Å². The van der Waals surface area contributed by atoms with Gasteiger partial charge in [-0.3, -0.25) is 0 Å². The van der Waals surface area contributed by atoms with Crippen molar-refractivity contribution in [1.29, 1.82) is 0 Å². The summed E-state index contributed by atoms with van der Waals surface area (Å²) in [6.45, 7) is 2.32. The summed E-state index contributed by atoms with van der Waals surface area (Å²) >= 11 is 0. The molecule has 0 spiro atoms. The molecule has 0 radical (unpaired) electrons. The molecule has 0 amide bonds. The van der Waals surface area contributed by atoms with Crippen LogP contribution in [0.1, 0.15) is 12.8 Å². The van der Waals surface area contributed by atoms with Gasteiger partial charge in [-0.25, -0.2) is 0 Å². The Labute approximate surface area is 125 Å². The Morgan fingerprint density at radius 3 is 1.86 bits per heavy atom. The Morgan fingerprint density at radius 2 is 1.33 bits per heavy atom. The highest BCUT2D eigenvalue weighted by Gasteiger charge is 2.11. The molecule has 1 saturated heterocycles. The van der Waals surface area contributed by atoms with Crippen LogP contribution in [0, 0.1) is 0 Å². The number of methoxy groups -OCH3 is 1. The van der Waals surface area contributed by atoms with Gasteiger partial charge in [0.1, 0.15) is 5.75 Å². The van der Waals surface area contributed by atoms with E-state index in [1.165, 1.54) is 18.5 Å². The lowest BCUT2D eigenvalue weighted by molar-refractivity contribution is 0.415. The number of benzene rings is 2. The highest BCUT2D eigenvalue weighted by molar-refractivity contribution is 5.53. The molecule has 4 nitrogen and oxygen atoms in total. The molecule has 0 N–H and O–H groups in total. The van der Waals surface area contributed by atoms with E-state index < -0.39 is 0 Å². The fourth-order valence-corrected chi connectivity index (χ4v) is 2.47. The van der Waals surface area contributed by atoms with E-state index in [2.05, 4.69) is 27.3 Å². The summed E-state index contributed by atoms with van der Waals surface area (Å²) in [5.41, 5.74) is 2.96. The Bertz CT molecular complexity index is 599. The Balaban J connectivity index is 1.67. The van der Waals surface area contributed by atoms with Crippen LogP contribution in [0.3, 0.4) is 0 Å². The van der Waals surface area contributed by atoms with E-state index in [4.69, 9.17) is 4.74 Å². The number of azo groups is 1. The molecule has 0 atom stereocenters. The number of hydrogen-bond donors (Lipinski definition) is 0. The van der Waals surface area contributed by atoms with E-state index in [0.29, 0.717) is 0 Å². The molecule has 1 fully saturated rings. The highest BCUT2D eigenvalue weighted by atomic mass is 16.5. The van der Waals surface area contributed by atoms with E-state index >= 15 is 0 Å². The molecule has 0 unspecified atom stereocenters. The van der Waals surface area contributed by atoms with Gasteiger partial charge < -0.3 is 9.64 Å². The van der Waals surface area contributed by atoms with Crippen LogP contribution in [0.5, 0.6) is 5.75 Å². The van der Waals surface area contributed by atoms with Gasteiger partial charge in [0.2, 0.25) is 0 Å². The lowest BCUT2D eigenvalue weighted by Crippen LogP contribution is -2.17. The van der Waals surface area contributed by atoms with Crippen LogP contribution >= 0.6 is 0 Å². The number of rotatable bonds is 4. The summed E-state index contributed by atoms with van der Waals surface area (Å²) in [7, 11) is 1.65. The Hall–Kier alpha value is -2.36. The number of anilines is 1. The Morgan fingerprint density at radius 1 is 0.810 bits per heavy atom. The molecule has 1 heterocycles. The summed E-state index contributed by atoms with van der Waals surface area (Å²) in [6.07, 6.45) is 2.58. The molecule has 2 aromatic carbocycles. The van der Waals surface area contributed by atoms with Gasteiger partial charge in [-0.2, -0.15) is 10.2 Å². The van der Waals surface area contributed by atoms with Crippen molar-refractivity contribution < 1.29 is 4.74 Å². The number of ether oxygens (including phenoxy) is 1. The van der Waals surface area contributed by atoms with Crippen molar-refractivity contribution in [2.45, 2.75) is 12.8 Å². The standard InChI is InChI=1S/C17H19N3O/c1-21-17-10-6-15(7-11-17)19-18-14-4-8-16(9-5-14)20-12-2-3-13-20/h4-11H,2-3,12-13H2,1H3. The second-order valence-corrected chi connectivity index (χ2v) is 5.11. The van der Waals surface area contributed by atoms with Crippen molar-refractivity contribution in [2.75, 3.05) is 25.1 Å². The zero-order valence-corrected chi connectivity index (χ0v) is 12.2. The molecule has 0 bridgehead atoms. The van der Waals surface area contributed by atoms with E-state index in [1.54, 1.807) is 7.11 Å². The zero-order valence-electron chi connectivity index (χ0n) is 12.2. The van der Waals surface area contributed by atoms with Crippen LogP contribution in [-0.2, 0) is 0 Å². The van der Waals surface area contributed by atoms with Gasteiger partial charge in [-0.15, -0.1) is 0 Å². The van der Waals surface area contributed by atoms with Crippen molar-refractivity contribution in [3.63, 3.8) is 0 Å². The molecule has 2 aromatic rings. The lowest BCUT2D eigenvalue weighted by Gasteiger charge is -2.17. The predicted molar refractivity (Wildman–Crippen MR) is 85.1 cm³/mol. The molecule has 3 rings (SSSR count). The van der Waals surface area contributed by atoms with Crippen molar-refractivity contribution in [2.24, 2.45) is 10.2 Å². The van der Waals surface area contributed by atoms with Gasteiger partial charge in [0.05, 0.1) is 18.5 Å². The van der Waals surface area contributed by atoms with Crippen LogP contribution in [0.25, 0.3) is 0 Å². The van der Waals surface area contributed by atoms with E-state index in [9.17, 15) is 0 Å². The van der Waals surface area contributed by atoms with Crippen LogP contribution in [0.15, 0.2) is 58.8 Å². The molecule has 0 aliphatic carbocycles. The van der Waals surface area contributed by atoms with Gasteiger partial charge in [-0.05, 0) is 61.4 Å². The molecular formula is C17H19N3O. The van der Waals surface area contributed by atoms with Gasteiger partial charge >= 0.3 is 0 Å². The number of nitrogens with zero attached hydrogens (tertiary/aromatic N) is 3. The molecule has 0 aromatic heterocycles. The maximum atomic E-state index is 5.12. The first-order valence-corrected chi connectivity index (χ1v) is 7.26. The summed E-state index contributed by atoms with van der Waals surface area (Å²) in [5, 5.41) is 8.50. The summed E-state index contributed by atoms with van der Waals surface area (Å²) in [5.74, 6) is 0.823. The van der Waals surface area contributed by atoms with Gasteiger partial charge in [0.25, 0.3) is 0 Å². The topological polar surface area (TPSA) is 37.2 Å². The third-order valence-corrected chi connectivity index (χ3v) is 3.67. The maximum Gasteiger partial charge on any atom is 0.119 e. The average Bonchev–Trinajstić information content (AvgIpc) is 3.08. The predicted octanol–water partition coefficient (Wildman–Crippen LogP) is 4.71. The molecule has 1 aliphatic heterocycles. The maximum absolute atomic E-state index is 5.12. The average molecular weight is 281 g/mol. The zero-order chi connectivity index (χ0) is 14.5. The normalized spacial score (nSPS) is 14.8. The SMILES string of the molecule is COc1ccc(N=Nc2ccc(N3CCCC3)cc2)cc1. The molecule has 1 aliphatic rings. The van der Waals surface area contributed by atoms with Crippen molar-refractivity contribution >= 4 is 17.1 Å². The summed E-state index contributed by atoms with van der Waals surface area (Å²) in [4.78, 5) is 2.41. The molecule has 4 heteroatoms. The minimum atomic E-state index is 0.819. The monoisotopic (exact) mass is 281 g/mol. The molecule has 21 heavy (non-hydrogen) atoms. The van der Waals surface area contributed by atoms with Crippen LogP contribution < -0.4 is 9.64 Å². The minimum Gasteiger partial charge on any atom is -0.497 e. The van der Waals surface area contributed by atoms with Gasteiger partial charge in [-0.1, -0.05) is 0 Å². The van der Waals surface area contributed by atoms with E-state index in [0.717, 1.165) is 30.2 Å².